The smallest absolute Gasteiger partial charge is 0.294 e. The Bertz CT molecular complexity index is 522. The first kappa shape index (κ1) is 12.5. The summed E-state index contributed by atoms with van der Waals surface area (Å²) in [7, 11) is 0. The van der Waals surface area contributed by atoms with Crippen molar-refractivity contribution < 1.29 is 14.4 Å². The molecule has 1 heterocycles. The van der Waals surface area contributed by atoms with E-state index in [1.807, 2.05) is 18.2 Å². The van der Waals surface area contributed by atoms with Crippen LogP contribution in [0.5, 0.6) is 0 Å². The van der Waals surface area contributed by atoms with Crippen LogP contribution in [-0.4, -0.2) is 23.5 Å². The van der Waals surface area contributed by atoms with Gasteiger partial charge in [-0.05, 0) is 31.4 Å². The van der Waals surface area contributed by atoms with Gasteiger partial charge in [-0.2, -0.15) is 0 Å². The minimum atomic E-state index is -0.609. The number of fused-ring (bicyclic) bond motifs is 1. The Balaban J connectivity index is 2.50. The molecule has 0 aromatic heterocycles. The van der Waals surface area contributed by atoms with Gasteiger partial charge >= 0.3 is 0 Å². The largest absolute Gasteiger partial charge is 0.298 e. The molecule has 0 fully saturated rings. The lowest BCUT2D eigenvalue weighted by atomic mass is 9.93. The van der Waals surface area contributed by atoms with E-state index in [0.29, 0.717) is 12.1 Å². The highest BCUT2D eigenvalue weighted by atomic mass is 16.2. The summed E-state index contributed by atoms with van der Waals surface area (Å²) in [6.45, 7) is 2.69. The molecule has 0 aliphatic carbocycles. The molecule has 1 amide bonds. The molecule has 0 radical (unpaired) electrons. The van der Waals surface area contributed by atoms with Gasteiger partial charge in [-0.25, -0.2) is 0 Å². The second-order valence-corrected chi connectivity index (χ2v) is 4.53. The van der Waals surface area contributed by atoms with Crippen molar-refractivity contribution in [2.45, 2.75) is 32.7 Å². The molecule has 1 unspecified atom stereocenters. The summed E-state index contributed by atoms with van der Waals surface area (Å²) >= 11 is 0. The Morgan fingerprint density at radius 2 is 1.83 bits per heavy atom. The second kappa shape index (κ2) is 4.72. The number of anilines is 1. The number of benzene rings is 1. The highest BCUT2D eigenvalue weighted by molar-refractivity contribution is 6.41. The minimum Gasteiger partial charge on any atom is -0.298 e. The molecule has 1 aliphatic heterocycles. The molecule has 1 aromatic rings. The summed E-state index contributed by atoms with van der Waals surface area (Å²) in [4.78, 5) is 36.3. The van der Waals surface area contributed by atoms with E-state index < -0.39 is 17.7 Å². The standard InChI is InChI=1S/C14H15NO3/c1-9(16)12-8-7-11-5-3-4-6-13(11)15(12)14(18)10(2)17/h3-6,12H,7-8H2,1-2H3. The fraction of sp³-hybridized carbons (Fsp3) is 0.357. The van der Waals surface area contributed by atoms with Crippen molar-refractivity contribution in [3.8, 4) is 0 Å². The van der Waals surface area contributed by atoms with Crippen molar-refractivity contribution in [1.82, 2.24) is 0 Å². The first-order chi connectivity index (χ1) is 8.52. The number of nitrogens with zero attached hydrogens (tertiary/aromatic N) is 1. The van der Waals surface area contributed by atoms with Gasteiger partial charge in [0.25, 0.3) is 5.91 Å². The van der Waals surface area contributed by atoms with E-state index in [1.165, 1.54) is 18.7 Å². The molecule has 0 saturated carbocycles. The number of hydrogen-bond acceptors (Lipinski definition) is 3. The number of amides is 1. The Morgan fingerprint density at radius 1 is 1.17 bits per heavy atom. The van der Waals surface area contributed by atoms with E-state index in [-0.39, 0.29) is 5.78 Å². The molecule has 0 bridgehead atoms. The fourth-order valence-electron chi connectivity index (χ4n) is 2.35. The molecule has 4 heteroatoms. The lowest BCUT2D eigenvalue weighted by molar-refractivity contribution is -0.136. The van der Waals surface area contributed by atoms with E-state index in [4.69, 9.17) is 0 Å². The van der Waals surface area contributed by atoms with Crippen LogP contribution < -0.4 is 4.90 Å². The molecule has 1 aliphatic rings. The number of carbonyl (C=O) groups excluding carboxylic acids is 3. The summed E-state index contributed by atoms with van der Waals surface area (Å²) in [6.07, 6.45) is 1.33. The molecule has 2 rings (SSSR count). The summed E-state index contributed by atoms with van der Waals surface area (Å²) in [6, 6.07) is 6.89. The van der Waals surface area contributed by atoms with Crippen molar-refractivity contribution in [1.29, 1.82) is 0 Å². The van der Waals surface area contributed by atoms with Crippen LogP contribution in [0.25, 0.3) is 0 Å². The van der Waals surface area contributed by atoms with E-state index in [0.717, 1.165) is 12.0 Å². The molecule has 4 nitrogen and oxygen atoms in total. The Kier molecular flexibility index (Phi) is 3.28. The van der Waals surface area contributed by atoms with Crippen molar-refractivity contribution >= 4 is 23.2 Å². The maximum atomic E-state index is 12.0. The predicted molar refractivity (Wildman–Crippen MR) is 67.4 cm³/mol. The van der Waals surface area contributed by atoms with Crippen LogP contribution >= 0.6 is 0 Å². The topological polar surface area (TPSA) is 54.5 Å². The second-order valence-electron chi connectivity index (χ2n) is 4.53. The van der Waals surface area contributed by atoms with Gasteiger partial charge in [-0.3, -0.25) is 19.3 Å². The van der Waals surface area contributed by atoms with Gasteiger partial charge in [0.1, 0.15) is 0 Å². The predicted octanol–water partition coefficient (Wildman–Crippen LogP) is 1.51. The summed E-state index contributed by atoms with van der Waals surface area (Å²) in [5.41, 5.74) is 1.69. The molecule has 94 valence electrons. The maximum Gasteiger partial charge on any atom is 0.294 e. The normalized spacial score (nSPS) is 18.1. The Morgan fingerprint density at radius 3 is 2.44 bits per heavy atom. The number of Topliss-reactive ketones (excluding diaryl/α,β-unsaturated/α-hetero) is 2. The zero-order chi connectivity index (χ0) is 13.3. The number of aryl methyl sites for hydroxylation is 1. The number of ketones is 2. The number of hydrogen-bond donors (Lipinski definition) is 0. The average molecular weight is 245 g/mol. The highest BCUT2D eigenvalue weighted by Crippen LogP contribution is 2.31. The van der Waals surface area contributed by atoms with Crippen LogP contribution in [-0.2, 0) is 20.8 Å². The van der Waals surface area contributed by atoms with Gasteiger partial charge in [-0.15, -0.1) is 0 Å². The van der Waals surface area contributed by atoms with Crippen molar-refractivity contribution in [3.63, 3.8) is 0 Å². The van der Waals surface area contributed by atoms with Crippen LogP contribution in [0.2, 0.25) is 0 Å². The van der Waals surface area contributed by atoms with Gasteiger partial charge in [0.05, 0.1) is 6.04 Å². The van der Waals surface area contributed by atoms with Gasteiger partial charge in [0.15, 0.2) is 5.78 Å². The van der Waals surface area contributed by atoms with Gasteiger partial charge in [-0.1, -0.05) is 18.2 Å². The average Bonchev–Trinajstić information content (AvgIpc) is 2.36. The van der Waals surface area contributed by atoms with E-state index in [2.05, 4.69) is 0 Å². The number of para-hydroxylation sites is 1. The minimum absolute atomic E-state index is 0.0842. The van der Waals surface area contributed by atoms with Crippen LogP contribution in [0.3, 0.4) is 0 Å². The molecular formula is C14H15NO3. The van der Waals surface area contributed by atoms with Gasteiger partial charge in [0, 0.05) is 12.6 Å². The van der Waals surface area contributed by atoms with Crippen molar-refractivity contribution in [3.05, 3.63) is 29.8 Å². The molecule has 0 saturated heterocycles. The first-order valence-electron chi connectivity index (χ1n) is 5.95. The third kappa shape index (κ3) is 2.06. The third-order valence-electron chi connectivity index (χ3n) is 3.24. The van der Waals surface area contributed by atoms with Gasteiger partial charge < -0.3 is 0 Å². The first-order valence-corrected chi connectivity index (χ1v) is 5.95. The molecule has 0 spiro atoms. The quantitative estimate of drug-likeness (QED) is 0.742. The lowest BCUT2D eigenvalue weighted by Crippen LogP contribution is -2.49. The maximum absolute atomic E-state index is 12.0. The van der Waals surface area contributed by atoms with Crippen LogP contribution in [0, 0.1) is 0 Å². The summed E-state index contributed by atoms with van der Waals surface area (Å²) in [5, 5.41) is 0. The van der Waals surface area contributed by atoms with Crippen LogP contribution in [0.1, 0.15) is 25.8 Å². The highest BCUT2D eigenvalue weighted by Gasteiger charge is 2.34. The summed E-state index contributed by atoms with van der Waals surface area (Å²) < 4.78 is 0. The van der Waals surface area contributed by atoms with E-state index in [9.17, 15) is 14.4 Å². The van der Waals surface area contributed by atoms with E-state index >= 15 is 0 Å². The van der Waals surface area contributed by atoms with Crippen LogP contribution in [0.15, 0.2) is 24.3 Å². The lowest BCUT2D eigenvalue weighted by Gasteiger charge is -2.35. The third-order valence-corrected chi connectivity index (χ3v) is 3.24. The molecule has 0 N–H and O–H groups in total. The monoisotopic (exact) mass is 245 g/mol. The van der Waals surface area contributed by atoms with E-state index in [1.54, 1.807) is 6.07 Å². The van der Waals surface area contributed by atoms with Crippen molar-refractivity contribution in [2.75, 3.05) is 4.90 Å². The number of carbonyl (C=O) groups is 3. The zero-order valence-corrected chi connectivity index (χ0v) is 10.5. The van der Waals surface area contributed by atoms with Crippen molar-refractivity contribution in [2.24, 2.45) is 0 Å². The molecule has 1 atom stereocenters. The SMILES string of the molecule is CC(=O)C(=O)N1c2ccccc2CCC1C(C)=O. The van der Waals surface area contributed by atoms with Gasteiger partial charge in [0.2, 0.25) is 5.78 Å². The Labute approximate surface area is 106 Å². The molecule has 18 heavy (non-hydrogen) atoms. The van der Waals surface area contributed by atoms with Crippen LogP contribution in [0.4, 0.5) is 5.69 Å². The molecule has 1 aromatic carbocycles. The zero-order valence-electron chi connectivity index (χ0n) is 10.5. The number of rotatable bonds is 2. The Hall–Kier alpha value is -1.97. The fourth-order valence-corrected chi connectivity index (χ4v) is 2.35. The molecular weight excluding hydrogens is 230 g/mol. The summed E-state index contributed by atoms with van der Waals surface area (Å²) in [5.74, 6) is -1.24.